The first-order valence-electron chi connectivity index (χ1n) is 11.4. The van der Waals surface area contributed by atoms with E-state index in [0.29, 0.717) is 19.1 Å². The molecular formula is C25H30N6O. The maximum absolute atomic E-state index is 5.87. The lowest BCUT2D eigenvalue weighted by atomic mass is 9.99. The van der Waals surface area contributed by atoms with Gasteiger partial charge in [-0.1, -0.05) is 48.5 Å². The van der Waals surface area contributed by atoms with Gasteiger partial charge in [0.15, 0.2) is 11.8 Å². The summed E-state index contributed by atoms with van der Waals surface area (Å²) in [4.78, 5) is 7.40. The molecule has 1 N–H and O–H groups in total. The van der Waals surface area contributed by atoms with Crippen molar-refractivity contribution in [2.24, 2.45) is 12.0 Å². The maximum Gasteiger partial charge on any atom is 0.194 e. The molecule has 0 spiro atoms. The SMILES string of the molecule is Cc1nnc(CN=C(NC2CCOc3ccccc32)N2CCC(c3ccccc3)C2)n1C. The molecule has 0 bridgehead atoms. The lowest BCUT2D eigenvalue weighted by molar-refractivity contribution is 0.259. The second kappa shape index (κ2) is 9.02. The van der Waals surface area contributed by atoms with Crippen LogP contribution in [0.25, 0.3) is 0 Å². The quantitative estimate of drug-likeness (QED) is 0.506. The van der Waals surface area contributed by atoms with E-state index >= 15 is 0 Å². The first kappa shape index (κ1) is 20.5. The van der Waals surface area contributed by atoms with Crippen molar-refractivity contribution >= 4 is 5.96 Å². The molecule has 2 aliphatic heterocycles. The smallest absolute Gasteiger partial charge is 0.194 e. The molecule has 1 aromatic heterocycles. The van der Waals surface area contributed by atoms with Crippen LogP contribution in [0.15, 0.2) is 59.6 Å². The molecule has 0 amide bonds. The average molecular weight is 431 g/mol. The molecule has 0 aliphatic carbocycles. The largest absolute Gasteiger partial charge is 0.493 e. The number of nitrogens with zero attached hydrogens (tertiary/aromatic N) is 5. The lowest BCUT2D eigenvalue weighted by Crippen LogP contribution is -2.43. The van der Waals surface area contributed by atoms with Crippen LogP contribution >= 0.6 is 0 Å². The fraction of sp³-hybridized carbons (Fsp3) is 0.400. The van der Waals surface area contributed by atoms with Crippen molar-refractivity contribution in [3.8, 4) is 5.75 Å². The third-order valence-corrected chi connectivity index (χ3v) is 6.57. The van der Waals surface area contributed by atoms with E-state index in [1.807, 2.05) is 30.7 Å². The summed E-state index contributed by atoms with van der Waals surface area (Å²) in [5, 5.41) is 12.2. The van der Waals surface area contributed by atoms with Gasteiger partial charge in [-0.3, -0.25) is 0 Å². The Morgan fingerprint density at radius 2 is 1.91 bits per heavy atom. The van der Waals surface area contributed by atoms with Crippen molar-refractivity contribution in [2.45, 2.75) is 38.3 Å². The van der Waals surface area contributed by atoms with Gasteiger partial charge in [-0.05, 0) is 25.0 Å². The number of rotatable bonds is 4. The minimum absolute atomic E-state index is 0.177. The minimum atomic E-state index is 0.177. The van der Waals surface area contributed by atoms with Crippen molar-refractivity contribution in [1.29, 1.82) is 0 Å². The van der Waals surface area contributed by atoms with Gasteiger partial charge < -0.3 is 19.5 Å². The number of para-hydroxylation sites is 1. The number of hydrogen-bond donors (Lipinski definition) is 1. The molecule has 2 unspecified atom stereocenters. The van der Waals surface area contributed by atoms with Crippen LogP contribution < -0.4 is 10.1 Å². The van der Waals surface area contributed by atoms with Crippen LogP contribution in [0.5, 0.6) is 5.75 Å². The van der Waals surface area contributed by atoms with Gasteiger partial charge in [0.05, 0.1) is 12.6 Å². The molecule has 7 nitrogen and oxygen atoms in total. The van der Waals surface area contributed by atoms with Crippen molar-refractivity contribution in [3.63, 3.8) is 0 Å². The highest BCUT2D eigenvalue weighted by molar-refractivity contribution is 5.81. The highest BCUT2D eigenvalue weighted by Crippen LogP contribution is 2.32. The highest BCUT2D eigenvalue weighted by Gasteiger charge is 2.29. The van der Waals surface area contributed by atoms with Gasteiger partial charge in [-0.15, -0.1) is 10.2 Å². The van der Waals surface area contributed by atoms with E-state index in [9.17, 15) is 0 Å². The van der Waals surface area contributed by atoms with Gasteiger partial charge >= 0.3 is 0 Å². The fourth-order valence-corrected chi connectivity index (χ4v) is 4.57. The number of likely N-dealkylation sites (tertiary alicyclic amines) is 1. The number of guanidine groups is 1. The Hall–Kier alpha value is -3.35. The number of aliphatic imine (C=N–C) groups is 1. The Bertz CT molecular complexity index is 1090. The number of hydrogen-bond acceptors (Lipinski definition) is 4. The van der Waals surface area contributed by atoms with E-state index in [1.165, 1.54) is 11.1 Å². The fourth-order valence-electron chi connectivity index (χ4n) is 4.57. The van der Waals surface area contributed by atoms with Crippen molar-refractivity contribution in [1.82, 2.24) is 25.0 Å². The van der Waals surface area contributed by atoms with E-state index in [1.54, 1.807) is 0 Å². The molecule has 0 radical (unpaired) electrons. The van der Waals surface area contributed by atoms with Gasteiger partial charge in [0.25, 0.3) is 0 Å². The number of ether oxygens (including phenoxy) is 1. The van der Waals surface area contributed by atoms with Crippen molar-refractivity contribution < 1.29 is 4.74 Å². The lowest BCUT2D eigenvalue weighted by Gasteiger charge is -2.31. The topological polar surface area (TPSA) is 67.6 Å². The van der Waals surface area contributed by atoms with E-state index in [2.05, 4.69) is 62.9 Å². The predicted molar refractivity (Wildman–Crippen MR) is 125 cm³/mol. The van der Waals surface area contributed by atoms with Crippen molar-refractivity contribution in [3.05, 3.63) is 77.4 Å². The zero-order valence-corrected chi connectivity index (χ0v) is 18.7. The van der Waals surface area contributed by atoms with E-state index in [-0.39, 0.29) is 6.04 Å². The summed E-state index contributed by atoms with van der Waals surface area (Å²) in [5.74, 6) is 4.18. The summed E-state index contributed by atoms with van der Waals surface area (Å²) >= 11 is 0. The molecule has 32 heavy (non-hydrogen) atoms. The Morgan fingerprint density at radius 3 is 2.72 bits per heavy atom. The Labute approximate surface area is 189 Å². The number of benzene rings is 2. The molecule has 7 heteroatoms. The van der Waals surface area contributed by atoms with Gasteiger partial charge in [-0.25, -0.2) is 4.99 Å². The highest BCUT2D eigenvalue weighted by atomic mass is 16.5. The Kier molecular flexibility index (Phi) is 5.79. The van der Waals surface area contributed by atoms with Crippen LogP contribution in [0.1, 0.15) is 47.6 Å². The van der Waals surface area contributed by atoms with E-state index < -0.39 is 0 Å². The van der Waals surface area contributed by atoms with E-state index in [0.717, 1.165) is 49.3 Å². The average Bonchev–Trinajstić information content (AvgIpc) is 3.45. The summed E-state index contributed by atoms with van der Waals surface area (Å²) in [6, 6.07) is 19.3. The minimum Gasteiger partial charge on any atom is -0.493 e. The number of aryl methyl sites for hydroxylation is 1. The van der Waals surface area contributed by atoms with E-state index in [4.69, 9.17) is 9.73 Å². The number of fused-ring (bicyclic) bond motifs is 1. The molecule has 3 heterocycles. The predicted octanol–water partition coefficient (Wildman–Crippen LogP) is 3.58. The molecular weight excluding hydrogens is 400 g/mol. The normalized spacial score (nSPS) is 20.7. The van der Waals surface area contributed by atoms with Crippen LogP contribution in [-0.4, -0.2) is 45.3 Å². The summed E-state index contributed by atoms with van der Waals surface area (Å²) in [6.45, 7) is 5.10. The van der Waals surface area contributed by atoms with Crippen LogP contribution in [-0.2, 0) is 13.6 Å². The first-order chi connectivity index (χ1) is 15.7. The summed E-state index contributed by atoms with van der Waals surface area (Å²) in [6.07, 6.45) is 2.03. The second-order valence-electron chi connectivity index (χ2n) is 8.58. The third-order valence-electron chi connectivity index (χ3n) is 6.57. The first-order valence-corrected chi connectivity index (χ1v) is 11.4. The zero-order valence-electron chi connectivity index (χ0n) is 18.7. The summed E-state index contributed by atoms with van der Waals surface area (Å²) in [7, 11) is 1.99. The van der Waals surface area contributed by atoms with Crippen molar-refractivity contribution in [2.75, 3.05) is 19.7 Å². The molecule has 2 atom stereocenters. The molecule has 2 aromatic carbocycles. The zero-order chi connectivity index (χ0) is 21.9. The summed E-state index contributed by atoms with van der Waals surface area (Å²) < 4.78 is 7.87. The van der Waals surface area contributed by atoms with Gasteiger partial charge in [-0.2, -0.15) is 0 Å². The number of aromatic nitrogens is 3. The maximum atomic E-state index is 5.87. The number of nitrogens with one attached hydrogen (secondary N) is 1. The third kappa shape index (κ3) is 4.20. The molecule has 0 saturated carbocycles. The monoisotopic (exact) mass is 430 g/mol. The summed E-state index contributed by atoms with van der Waals surface area (Å²) in [5.41, 5.74) is 2.59. The van der Waals surface area contributed by atoms with Gasteiger partial charge in [0, 0.05) is 38.0 Å². The van der Waals surface area contributed by atoms with Crippen LogP contribution in [0, 0.1) is 6.92 Å². The van der Waals surface area contributed by atoms with Gasteiger partial charge in [0.2, 0.25) is 0 Å². The second-order valence-corrected chi connectivity index (χ2v) is 8.58. The Morgan fingerprint density at radius 1 is 1.09 bits per heavy atom. The standard InChI is InChI=1S/C25H30N6O/c1-18-28-29-24(30(18)2)16-26-25(27-22-13-15-32-23-11-7-6-10-21(22)23)31-14-12-20(17-31)19-8-4-3-5-9-19/h3-11,20,22H,12-17H2,1-2H3,(H,26,27). The molecule has 1 fully saturated rings. The molecule has 166 valence electrons. The van der Waals surface area contributed by atoms with Crippen LogP contribution in [0.2, 0.25) is 0 Å². The molecule has 5 rings (SSSR count). The molecule has 1 saturated heterocycles. The van der Waals surface area contributed by atoms with Gasteiger partial charge in [0.1, 0.15) is 18.1 Å². The Balaban J connectivity index is 1.39. The van der Waals surface area contributed by atoms with Crippen LogP contribution in [0.3, 0.4) is 0 Å². The molecule has 2 aliphatic rings. The van der Waals surface area contributed by atoms with Crippen LogP contribution in [0.4, 0.5) is 0 Å². The molecule has 3 aromatic rings.